The highest BCUT2D eigenvalue weighted by molar-refractivity contribution is 5.79. The van der Waals surface area contributed by atoms with E-state index in [2.05, 4.69) is 11.4 Å². The minimum absolute atomic E-state index is 0.0416. The third-order valence-electron chi connectivity index (χ3n) is 5.26. The van der Waals surface area contributed by atoms with E-state index in [9.17, 15) is 9.59 Å². The Morgan fingerprint density at radius 2 is 1.76 bits per heavy atom. The van der Waals surface area contributed by atoms with Crippen LogP contribution in [0.5, 0.6) is 0 Å². The lowest BCUT2D eigenvalue weighted by molar-refractivity contribution is -0.130. The fourth-order valence-corrected chi connectivity index (χ4v) is 3.81. The highest BCUT2D eigenvalue weighted by atomic mass is 16.2. The Balaban J connectivity index is 1.50. The topological polar surface area (TPSA) is 52.7 Å². The molecule has 2 aliphatic rings. The molecule has 5 nitrogen and oxygen atoms in total. The van der Waals surface area contributed by atoms with Crippen molar-refractivity contribution >= 4 is 11.9 Å². The van der Waals surface area contributed by atoms with E-state index in [1.165, 1.54) is 18.4 Å². The average molecular weight is 343 g/mol. The molecule has 0 unspecified atom stereocenters. The van der Waals surface area contributed by atoms with Crippen LogP contribution >= 0.6 is 0 Å². The molecule has 0 radical (unpaired) electrons. The zero-order chi connectivity index (χ0) is 17.6. The molecule has 136 valence electrons. The lowest BCUT2D eigenvalue weighted by Crippen LogP contribution is -2.45. The fourth-order valence-electron chi connectivity index (χ4n) is 3.81. The number of hydrogen-bond donors (Lipinski definition) is 1. The van der Waals surface area contributed by atoms with E-state index < -0.39 is 0 Å². The van der Waals surface area contributed by atoms with E-state index in [4.69, 9.17) is 0 Å². The normalized spacial score (nSPS) is 18.9. The van der Waals surface area contributed by atoms with Gasteiger partial charge in [-0.15, -0.1) is 0 Å². The second kappa shape index (κ2) is 8.37. The van der Waals surface area contributed by atoms with Gasteiger partial charge in [-0.05, 0) is 31.7 Å². The molecular formula is C20H29N3O2. The first kappa shape index (κ1) is 17.8. The summed E-state index contributed by atoms with van der Waals surface area (Å²) in [6.07, 6.45) is 5.91. The van der Waals surface area contributed by atoms with E-state index in [0.29, 0.717) is 25.6 Å². The van der Waals surface area contributed by atoms with Crippen LogP contribution in [-0.4, -0.2) is 54.0 Å². The zero-order valence-corrected chi connectivity index (χ0v) is 15.2. The standard InChI is InChI=1S/C20H29N3O2/c1-16-6-4-7-17(14-16)15-19(24)22-10-5-11-23(13-12-22)20(25)21-18-8-2-3-9-18/h4,6-7,14,18H,2-3,5,8-13,15H2,1H3,(H,21,25). The molecular weight excluding hydrogens is 314 g/mol. The van der Waals surface area contributed by atoms with Crippen LogP contribution in [0.1, 0.15) is 43.2 Å². The summed E-state index contributed by atoms with van der Waals surface area (Å²) in [6.45, 7) is 4.76. The van der Waals surface area contributed by atoms with Crippen molar-refractivity contribution in [2.45, 2.75) is 51.5 Å². The van der Waals surface area contributed by atoms with Gasteiger partial charge in [-0.3, -0.25) is 4.79 Å². The Morgan fingerprint density at radius 1 is 1.04 bits per heavy atom. The SMILES string of the molecule is Cc1cccc(CC(=O)N2CCCN(C(=O)NC3CCCC3)CC2)c1. The molecule has 1 N–H and O–H groups in total. The number of carbonyl (C=O) groups excluding carboxylic acids is 2. The highest BCUT2D eigenvalue weighted by Crippen LogP contribution is 2.18. The van der Waals surface area contributed by atoms with Crippen molar-refractivity contribution in [1.29, 1.82) is 0 Å². The second-order valence-corrected chi connectivity index (χ2v) is 7.32. The molecule has 1 aromatic rings. The summed E-state index contributed by atoms with van der Waals surface area (Å²) in [5.74, 6) is 0.156. The number of carbonyl (C=O) groups is 2. The van der Waals surface area contributed by atoms with Crippen LogP contribution in [0.3, 0.4) is 0 Å². The van der Waals surface area contributed by atoms with Gasteiger partial charge in [-0.2, -0.15) is 0 Å². The maximum atomic E-state index is 12.6. The van der Waals surface area contributed by atoms with Gasteiger partial charge >= 0.3 is 6.03 Å². The van der Waals surface area contributed by atoms with Gasteiger partial charge in [0.1, 0.15) is 0 Å². The molecule has 0 aromatic heterocycles. The number of benzene rings is 1. The molecule has 0 spiro atoms. The second-order valence-electron chi connectivity index (χ2n) is 7.32. The van der Waals surface area contributed by atoms with Crippen molar-refractivity contribution in [2.75, 3.05) is 26.2 Å². The van der Waals surface area contributed by atoms with Gasteiger partial charge in [-0.1, -0.05) is 42.7 Å². The number of urea groups is 1. The van der Waals surface area contributed by atoms with E-state index in [1.54, 1.807) is 0 Å². The van der Waals surface area contributed by atoms with Gasteiger partial charge in [0.25, 0.3) is 0 Å². The average Bonchev–Trinajstić information content (AvgIpc) is 2.95. The van der Waals surface area contributed by atoms with Gasteiger partial charge in [0.05, 0.1) is 6.42 Å². The lowest BCUT2D eigenvalue weighted by Gasteiger charge is -2.24. The van der Waals surface area contributed by atoms with Gasteiger partial charge < -0.3 is 15.1 Å². The minimum atomic E-state index is 0.0416. The van der Waals surface area contributed by atoms with Crippen LogP contribution < -0.4 is 5.32 Å². The van der Waals surface area contributed by atoms with Gasteiger partial charge in [-0.25, -0.2) is 4.79 Å². The predicted octanol–water partition coefficient (Wildman–Crippen LogP) is 2.72. The number of nitrogens with zero attached hydrogens (tertiary/aromatic N) is 2. The molecule has 0 bridgehead atoms. The number of aryl methyl sites for hydroxylation is 1. The molecule has 25 heavy (non-hydrogen) atoms. The highest BCUT2D eigenvalue weighted by Gasteiger charge is 2.24. The van der Waals surface area contributed by atoms with Crippen LogP contribution in [-0.2, 0) is 11.2 Å². The summed E-state index contributed by atoms with van der Waals surface area (Å²) in [6, 6.07) is 8.49. The molecule has 0 atom stereocenters. The van der Waals surface area contributed by atoms with E-state index >= 15 is 0 Å². The summed E-state index contributed by atoms with van der Waals surface area (Å²) in [4.78, 5) is 28.8. The molecule has 1 saturated heterocycles. The van der Waals surface area contributed by atoms with Crippen molar-refractivity contribution in [1.82, 2.24) is 15.1 Å². The van der Waals surface area contributed by atoms with Gasteiger partial charge in [0.2, 0.25) is 5.91 Å². The predicted molar refractivity (Wildman–Crippen MR) is 98.4 cm³/mol. The van der Waals surface area contributed by atoms with E-state index in [1.807, 2.05) is 34.9 Å². The molecule has 1 aromatic carbocycles. The van der Waals surface area contributed by atoms with Crippen molar-refractivity contribution < 1.29 is 9.59 Å². The third kappa shape index (κ3) is 4.97. The smallest absolute Gasteiger partial charge is 0.317 e. The Morgan fingerprint density at radius 3 is 2.52 bits per heavy atom. The molecule has 1 aliphatic carbocycles. The van der Waals surface area contributed by atoms with Crippen molar-refractivity contribution in [2.24, 2.45) is 0 Å². The quantitative estimate of drug-likeness (QED) is 0.917. The summed E-state index contributed by atoms with van der Waals surface area (Å²) in [5, 5.41) is 3.15. The molecule has 1 saturated carbocycles. The molecule has 1 heterocycles. The van der Waals surface area contributed by atoms with Gasteiger partial charge in [0, 0.05) is 32.2 Å². The first-order valence-electron chi connectivity index (χ1n) is 9.50. The van der Waals surface area contributed by atoms with Crippen LogP contribution in [0.15, 0.2) is 24.3 Å². The van der Waals surface area contributed by atoms with Crippen molar-refractivity contribution in [3.05, 3.63) is 35.4 Å². The third-order valence-corrected chi connectivity index (χ3v) is 5.26. The maximum absolute atomic E-state index is 12.6. The van der Waals surface area contributed by atoms with Crippen molar-refractivity contribution in [3.63, 3.8) is 0 Å². The monoisotopic (exact) mass is 343 g/mol. The number of amides is 3. The molecule has 5 heteroatoms. The summed E-state index contributed by atoms with van der Waals surface area (Å²) in [5.41, 5.74) is 2.24. The van der Waals surface area contributed by atoms with Crippen LogP contribution in [0, 0.1) is 6.92 Å². The van der Waals surface area contributed by atoms with Crippen molar-refractivity contribution in [3.8, 4) is 0 Å². The first-order valence-corrected chi connectivity index (χ1v) is 9.50. The molecule has 3 amide bonds. The first-order chi connectivity index (χ1) is 12.1. The summed E-state index contributed by atoms with van der Waals surface area (Å²) < 4.78 is 0. The Hall–Kier alpha value is -2.04. The lowest BCUT2D eigenvalue weighted by atomic mass is 10.1. The molecule has 1 aliphatic heterocycles. The Labute approximate surface area is 150 Å². The zero-order valence-electron chi connectivity index (χ0n) is 15.2. The van der Waals surface area contributed by atoms with Crippen LogP contribution in [0.25, 0.3) is 0 Å². The molecule has 2 fully saturated rings. The largest absolute Gasteiger partial charge is 0.341 e. The molecule has 3 rings (SSSR count). The summed E-state index contributed by atoms with van der Waals surface area (Å²) >= 11 is 0. The van der Waals surface area contributed by atoms with Crippen LogP contribution in [0.2, 0.25) is 0 Å². The summed E-state index contributed by atoms with van der Waals surface area (Å²) in [7, 11) is 0. The van der Waals surface area contributed by atoms with Gasteiger partial charge in [0.15, 0.2) is 0 Å². The maximum Gasteiger partial charge on any atom is 0.317 e. The van der Waals surface area contributed by atoms with E-state index in [-0.39, 0.29) is 11.9 Å². The number of hydrogen-bond acceptors (Lipinski definition) is 2. The van der Waals surface area contributed by atoms with E-state index in [0.717, 1.165) is 37.9 Å². The Bertz CT molecular complexity index is 611. The number of rotatable bonds is 3. The minimum Gasteiger partial charge on any atom is -0.341 e. The number of nitrogens with one attached hydrogen (secondary N) is 1. The fraction of sp³-hybridized carbons (Fsp3) is 0.600. The Kier molecular flexibility index (Phi) is 5.95. The van der Waals surface area contributed by atoms with Crippen LogP contribution in [0.4, 0.5) is 4.79 Å².